The van der Waals surface area contributed by atoms with Crippen molar-refractivity contribution in [2.75, 3.05) is 54.4 Å². The molecule has 0 heterocycles. The molecule has 0 fully saturated rings. The third kappa shape index (κ3) is 10.5. The van der Waals surface area contributed by atoms with Crippen LogP contribution in [0, 0.1) is 0 Å². The van der Waals surface area contributed by atoms with Gasteiger partial charge in [0.05, 0.1) is 13.2 Å². The molecule has 2 atom stereocenters. The minimum Gasteiger partial charge on any atom is -0.497 e. The van der Waals surface area contributed by atoms with E-state index in [1.54, 1.807) is 7.11 Å². The van der Waals surface area contributed by atoms with Gasteiger partial charge in [0.25, 0.3) is 0 Å². The van der Waals surface area contributed by atoms with Gasteiger partial charge in [0.1, 0.15) is 5.75 Å². The van der Waals surface area contributed by atoms with E-state index < -0.39 is 0 Å². The van der Waals surface area contributed by atoms with Gasteiger partial charge in [-0.25, -0.2) is 0 Å². The lowest BCUT2D eigenvalue weighted by molar-refractivity contribution is 0.291. The number of rotatable bonds is 12. The highest BCUT2D eigenvalue weighted by Crippen LogP contribution is 2.20. The second kappa shape index (κ2) is 15.7. The monoisotopic (exact) mass is 519 g/mol. The van der Waals surface area contributed by atoms with Gasteiger partial charge >= 0.3 is 0 Å². The smallest absolute Gasteiger partial charge is 0.191 e. The van der Waals surface area contributed by atoms with Gasteiger partial charge in [-0.3, -0.25) is 4.99 Å². The molecule has 0 bridgehead atoms. The second-order valence-electron chi connectivity index (χ2n) is 7.42. The highest BCUT2D eigenvalue weighted by Gasteiger charge is 2.15. The molecule has 0 saturated heterocycles. The predicted molar refractivity (Wildman–Crippen MR) is 136 cm³/mol. The Morgan fingerprint density at radius 1 is 1.14 bits per heavy atom. The number of benzene rings is 1. The van der Waals surface area contributed by atoms with Gasteiger partial charge in [-0.2, -0.15) is 0 Å². The van der Waals surface area contributed by atoms with Crippen molar-refractivity contribution in [2.45, 2.75) is 45.7 Å². The van der Waals surface area contributed by atoms with E-state index in [0.717, 1.165) is 44.3 Å². The molecule has 1 aromatic rings. The fourth-order valence-electron chi connectivity index (χ4n) is 3.28. The van der Waals surface area contributed by atoms with Crippen LogP contribution < -0.4 is 15.4 Å². The van der Waals surface area contributed by atoms with E-state index in [9.17, 15) is 0 Å². The summed E-state index contributed by atoms with van der Waals surface area (Å²) in [6.45, 7) is 10.9. The highest BCUT2D eigenvalue weighted by molar-refractivity contribution is 14.0. The molecular weight excluding hydrogens is 477 g/mol. The van der Waals surface area contributed by atoms with Gasteiger partial charge in [-0.1, -0.05) is 26.0 Å². The average Bonchev–Trinajstić information content (AvgIpc) is 2.70. The minimum atomic E-state index is 0. The summed E-state index contributed by atoms with van der Waals surface area (Å²) in [6.07, 6.45) is 2.33. The van der Waals surface area contributed by atoms with Crippen LogP contribution in [0.5, 0.6) is 5.75 Å². The third-order valence-corrected chi connectivity index (χ3v) is 5.20. The molecule has 2 unspecified atom stereocenters. The van der Waals surface area contributed by atoms with E-state index in [4.69, 9.17) is 4.74 Å². The molecular formula is C22H42IN5O. The summed E-state index contributed by atoms with van der Waals surface area (Å²) < 4.78 is 5.27. The Kier molecular flexibility index (Phi) is 15.2. The second-order valence-corrected chi connectivity index (χ2v) is 7.42. The van der Waals surface area contributed by atoms with Crippen molar-refractivity contribution in [3.8, 4) is 5.75 Å². The fraction of sp³-hybridized carbons (Fsp3) is 0.682. The van der Waals surface area contributed by atoms with Crippen molar-refractivity contribution >= 4 is 29.9 Å². The lowest BCUT2D eigenvalue weighted by Gasteiger charge is -2.27. The van der Waals surface area contributed by atoms with Gasteiger partial charge in [-0.15, -0.1) is 24.0 Å². The maximum Gasteiger partial charge on any atom is 0.191 e. The van der Waals surface area contributed by atoms with Crippen molar-refractivity contribution in [2.24, 2.45) is 4.99 Å². The number of likely N-dealkylation sites (N-methyl/N-ethyl adjacent to an activating group) is 1. The number of nitrogens with one attached hydrogen (secondary N) is 2. The molecule has 0 amide bonds. The van der Waals surface area contributed by atoms with E-state index in [-0.39, 0.29) is 30.0 Å². The lowest BCUT2D eigenvalue weighted by Crippen LogP contribution is -2.45. The Hall–Kier alpha value is -1.06. The minimum absolute atomic E-state index is 0. The summed E-state index contributed by atoms with van der Waals surface area (Å²) >= 11 is 0. The first-order valence-corrected chi connectivity index (χ1v) is 10.4. The number of hydrogen-bond donors (Lipinski definition) is 2. The van der Waals surface area contributed by atoms with Crippen LogP contribution in [0.25, 0.3) is 0 Å². The number of guanidine groups is 1. The molecule has 29 heavy (non-hydrogen) atoms. The summed E-state index contributed by atoms with van der Waals surface area (Å²) in [4.78, 5) is 9.09. The van der Waals surface area contributed by atoms with Gasteiger partial charge in [0.15, 0.2) is 5.96 Å². The zero-order valence-electron chi connectivity index (χ0n) is 19.4. The molecule has 168 valence electrons. The Bertz CT molecular complexity index is 561. The van der Waals surface area contributed by atoms with Crippen LogP contribution in [0.1, 0.15) is 45.2 Å². The zero-order valence-corrected chi connectivity index (χ0v) is 21.7. The molecule has 6 nitrogen and oxygen atoms in total. The van der Waals surface area contributed by atoms with Gasteiger partial charge in [-0.05, 0) is 71.2 Å². The van der Waals surface area contributed by atoms with Crippen molar-refractivity contribution < 1.29 is 4.74 Å². The molecule has 1 rings (SSSR count). The standard InChI is InChI=1S/C22H41N5O.HI/c1-8-27(9-2)16-10-11-18(3)25-22(23-4)24-17-21(26(5)6)19-12-14-20(28-7)15-13-19;/h12-15,18,21H,8-11,16-17H2,1-7H3,(H2,23,24,25);1H. The number of aliphatic imine (C=N–C) groups is 1. The van der Waals surface area contributed by atoms with Crippen LogP contribution in [-0.2, 0) is 0 Å². The van der Waals surface area contributed by atoms with E-state index in [0.29, 0.717) is 6.04 Å². The number of ether oxygens (including phenoxy) is 1. The van der Waals surface area contributed by atoms with Crippen LogP contribution in [0.3, 0.4) is 0 Å². The number of nitrogens with zero attached hydrogens (tertiary/aromatic N) is 3. The van der Waals surface area contributed by atoms with Crippen LogP contribution in [0.4, 0.5) is 0 Å². The largest absolute Gasteiger partial charge is 0.497 e. The Morgan fingerprint density at radius 2 is 1.76 bits per heavy atom. The average molecular weight is 520 g/mol. The van der Waals surface area contributed by atoms with Crippen LogP contribution in [0.2, 0.25) is 0 Å². The van der Waals surface area contributed by atoms with Crippen molar-refractivity contribution in [1.82, 2.24) is 20.4 Å². The fourth-order valence-corrected chi connectivity index (χ4v) is 3.28. The molecule has 0 aliphatic heterocycles. The Balaban J connectivity index is 0.00000784. The van der Waals surface area contributed by atoms with Gasteiger partial charge < -0.3 is 25.2 Å². The first kappa shape index (κ1) is 27.9. The maximum absolute atomic E-state index is 5.27. The molecule has 2 N–H and O–H groups in total. The summed E-state index contributed by atoms with van der Waals surface area (Å²) in [5.74, 6) is 1.74. The van der Waals surface area contributed by atoms with Crippen LogP contribution in [-0.4, -0.2) is 76.2 Å². The van der Waals surface area contributed by atoms with E-state index >= 15 is 0 Å². The van der Waals surface area contributed by atoms with Gasteiger partial charge in [0.2, 0.25) is 0 Å². The maximum atomic E-state index is 5.27. The highest BCUT2D eigenvalue weighted by atomic mass is 127. The summed E-state index contributed by atoms with van der Waals surface area (Å²) in [5.41, 5.74) is 1.25. The summed E-state index contributed by atoms with van der Waals surface area (Å²) in [5, 5.41) is 7.01. The summed E-state index contributed by atoms with van der Waals surface area (Å²) in [7, 11) is 7.72. The van der Waals surface area contributed by atoms with Crippen LogP contribution in [0.15, 0.2) is 29.3 Å². The van der Waals surface area contributed by atoms with E-state index in [1.807, 2.05) is 19.2 Å². The van der Waals surface area contributed by atoms with Crippen molar-refractivity contribution in [3.63, 3.8) is 0 Å². The molecule has 0 aliphatic rings. The number of halogens is 1. The SMILES string of the molecule is CCN(CC)CCCC(C)NC(=NC)NCC(c1ccc(OC)cc1)N(C)C.I. The first-order chi connectivity index (χ1) is 13.4. The Morgan fingerprint density at radius 3 is 2.24 bits per heavy atom. The lowest BCUT2D eigenvalue weighted by atomic mass is 10.1. The normalized spacial score (nSPS) is 13.8. The number of hydrogen-bond acceptors (Lipinski definition) is 4. The molecule has 0 aliphatic carbocycles. The molecule has 7 heteroatoms. The van der Waals surface area contributed by atoms with Crippen molar-refractivity contribution in [3.05, 3.63) is 29.8 Å². The van der Waals surface area contributed by atoms with E-state index in [1.165, 1.54) is 12.0 Å². The Labute approximate surface area is 195 Å². The van der Waals surface area contributed by atoms with Crippen molar-refractivity contribution in [1.29, 1.82) is 0 Å². The molecule has 1 aromatic carbocycles. The summed E-state index contributed by atoms with van der Waals surface area (Å²) in [6, 6.07) is 8.91. The molecule has 0 radical (unpaired) electrons. The quantitative estimate of drug-likeness (QED) is 0.251. The zero-order chi connectivity index (χ0) is 20.9. The van der Waals surface area contributed by atoms with Crippen LogP contribution >= 0.6 is 24.0 Å². The third-order valence-electron chi connectivity index (χ3n) is 5.20. The molecule has 0 aromatic heterocycles. The van der Waals surface area contributed by atoms with Gasteiger partial charge in [0, 0.05) is 19.6 Å². The topological polar surface area (TPSA) is 52.1 Å². The predicted octanol–water partition coefficient (Wildman–Crippen LogP) is 3.59. The molecule has 0 spiro atoms. The molecule has 0 saturated carbocycles. The van der Waals surface area contributed by atoms with E-state index in [2.05, 4.69) is 72.4 Å². The number of methoxy groups -OCH3 is 1. The first-order valence-electron chi connectivity index (χ1n) is 10.4.